The maximum atomic E-state index is 13.4. The molecule has 29 heavy (non-hydrogen) atoms. The Morgan fingerprint density at radius 2 is 1.45 bits per heavy atom. The Morgan fingerprint density at radius 3 is 2.00 bits per heavy atom. The predicted molar refractivity (Wildman–Crippen MR) is 91.6 cm³/mol. The van der Waals surface area contributed by atoms with Crippen LogP contribution in [0.25, 0.3) is 0 Å². The van der Waals surface area contributed by atoms with Gasteiger partial charge >= 0.3 is 11.9 Å². The van der Waals surface area contributed by atoms with Gasteiger partial charge < -0.3 is 14.2 Å². The Morgan fingerprint density at radius 1 is 0.862 bits per heavy atom. The van der Waals surface area contributed by atoms with Crippen LogP contribution in [0.3, 0.4) is 0 Å². The van der Waals surface area contributed by atoms with Crippen LogP contribution in [0.2, 0.25) is 0 Å². The highest BCUT2D eigenvalue weighted by Gasteiger charge is 2.28. The van der Waals surface area contributed by atoms with E-state index in [1.165, 1.54) is 0 Å². The molecular formula is C19H23F5O5. The lowest BCUT2D eigenvalue weighted by molar-refractivity contribution is -0.151. The molecule has 1 rings (SSSR count). The SMILES string of the molecule is CCCCC(CC)C(=O)OCCOCCC(=O)Oc1c(F)c(F)c(F)c(F)c1F. The van der Waals surface area contributed by atoms with Gasteiger partial charge in [0.2, 0.25) is 34.8 Å². The van der Waals surface area contributed by atoms with E-state index in [1.807, 2.05) is 13.8 Å². The first-order valence-electron chi connectivity index (χ1n) is 9.20. The summed E-state index contributed by atoms with van der Waals surface area (Å²) in [5, 5.41) is 0. The van der Waals surface area contributed by atoms with Crippen LogP contribution in [0, 0.1) is 35.0 Å². The van der Waals surface area contributed by atoms with E-state index in [1.54, 1.807) is 0 Å². The fourth-order valence-electron chi connectivity index (χ4n) is 2.36. The van der Waals surface area contributed by atoms with Gasteiger partial charge in [0.1, 0.15) is 6.61 Å². The molecule has 1 aromatic rings. The molecule has 10 heteroatoms. The minimum atomic E-state index is -2.35. The summed E-state index contributed by atoms with van der Waals surface area (Å²) in [5.74, 6) is -14.7. The zero-order valence-electron chi connectivity index (χ0n) is 16.2. The number of carbonyl (C=O) groups is 2. The van der Waals surface area contributed by atoms with Crippen LogP contribution in [0.4, 0.5) is 22.0 Å². The molecule has 0 aromatic heterocycles. The fourth-order valence-corrected chi connectivity index (χ4v) is 2.36. The molecule has 0 N–H and O–H groups in total. The Hall–Kier alpha value is -2.23. The molecule has 0 aliphatic carbocycles. The lowest BCUT2D eigenvalue weighted by Crippen LogP contribution is -2.20. The van der Waals surface area contributed by atoms with Crippen molar-refractivity contribution in [2.75, 3.05) is 19.8 Å². The summed E-state index contributed by atoms with van der Waals surface area (Å²) in [7, 11) is 0. The van der Waals surface area contributed by atoms with Gasteiger partial charge in [-0.25, -0.2) is 13.2 Å². The second-order valence-corrected chi connectivity index (χ2v) is 6.15. The van der Waals surface area contributed by atoms with Crippen LogP contribution in [0.1, 0.15) is 46.0 Å². The van der Waals surface area contributed by atoms with Crippen molar-refractivity contribution in [3.8, 4) is 5.75 Å². The number of unbranched alkanes of at least 4 members (excludes halogenated alkanes) is 1. The van der Waals surface area contributed by atoms with Crippen molar-refractivity contribution in [3.63, 3.8) is 0 Å². The van der Waals surface area contributed by atoms with Crippen molar-refractivity contribution in [1.29, 1.82) is 0 Å². The van der Waals surface area contributed by atoms with Crippen molar-refractivity contribution in [1.82, 2.24) is 0 Å². The number of hydrogen-bond donors (Lipinski definition) is 0. The molecule has 0 spiro atoms. The highest BCUT2D eigenvalue weighted by molar-refractivity contribution is 5.73. The molecular weight excluding hydrogens is 403 g/mol. The third-order valence-electron chi connectivity index (χ3n) is 4.04. The van der Waals surface area contributed by atoms with Gasteiger partial charge in [0.15, 0.2) is 0 Å². The number of benzene rings is 1. The van der Waals surface area contributed by atoms with Crippen LogP contribution in [-0.4, -0.2) is 31.8 Å². The third-order valence-corrected chi connectivity index (χ3v) is 4.04. The zero-order chi connectivity index (χ0) is 22.0. The molecule has 0 saturated carbocycles. The average Bonchev–Trinajstić information content (AvgIpc) is 2.71. The number of halogens is 5. The molecule has 5 nitrogen and oxygen atoms in total. The average molecular weight is 426 g/mol. The maximum absolute atomic E-state index is 13.4. The summed E-state index contributed by atoms with van der Waals surface area (Å²) in [6, 6.07) is 0. The van der Waals surface area contributed by atoms with Crippen molar-refractivity contribution in [3.05, 3.63) is 29.1 Å². The monoisotopic (exact) mass is 426 g/mol. The largest absolute Gasteiger partial charge is 0.463 e. The fraction of sp³-hybridized carbons (Fsp3) is 0.579. The maximum Gasteiger partial charge on any atom is 0.313 e. The van der Waals surface area contributed by atoms with Crippen LogP contribution in [-0.2, 0) is 19.1 Å². The van der Waals surface area contributed by atoms with E-state index in [-0.39, 0.29) is 31.7 Å². The highest BCUT2D eigenvalue weighted by Crippen LogP contribution is 2.29. The van der Waals surface area contributed by atoms with E-state index in [4.69, 9.17) is 9.47 Å². The second kappa shape index (κ2) is 12.4. The van der Waals surface area contributed by atoms with E-state index >= 15 is 0 Å². The number of carbonyl (C=O) groups excluding carboxylic acids is 2. The Bertz CT molecular complexity index is 682. The van der Waals surface area contributed by atoms with E-state index in [0.29, 0.717) is 6.42 Å². The lowest BCUT2D eigenvalue weighted by Gasteiger charge is -2.13. The molecule has 0 saturated heterocycles. The van der Waals surface area contributed by atoms with Gasteiger partial charge in [-0.3, -0.25) is 9.59 Å². The molecule has 0 radical (unpaired) electrons. The number of ether oxygens (including phenoxy) is 3. The van der Waals surface area contributed by atoms with E-state index in [0.717, 1.165) is 19.3 Å². The lowest BCUT2D eigenvalue weighted by atomic mass is 10.00. The standard InChI is InChI=1S/C19H23F5O5/c1-3-5-6-11(4-2)19(26)28-10-9-27-8-7-12(25)29-18-16(23)14(21)13(20)15(22)17(18)24/h11H,3-10H2,1-2H3. The normalized spacial score (nSPS) is 12.0. The third kappa shape index (κ3) is 7.26. The van der Waals surface area contributed by atoms with Crippen LogP contribution in [0.5, 0.6) is 5.75 Å². The predicted octanol–water partition coefficient (Wildman–Crippen LogP) is 4.45. The van der Waals surface area contributed by atoms with Gasteiger partial charge in [-0.1, -0.05) is 26.7 Å². The summed E-state index contributed by atoms with van der Waals surface area (Å²) in [6.45, 7) is 3.55. The molecule has 0 heterocycles. The second-order valence-electron chi connectivity index (χ2n) is 6.15. The van der Waals surface area contributed by atoms with Gasteiger partial charge in [-0.15, -0.1) is 0 Å². The molecule has 1 aromatic carbocycles. The Balaban J connectivity index is 2.36. The summed E-state index contributed by atoms with van der Waals surface area (Å²) in [4.78, 5) is 23.4. The van der Waals surface area contributed by atoms with E-state index in [9.17, 15) is 31.5 Å². The minimum Gasteiger partial charge on any atom is -0.463 e. The molecule has 0 bridgehead atoms. The summed E-state index contributed by atoms with van der Waals surface area (Å²) in [5.41, 5.74) is 0. The first kappa shape index (κ1) is 24.8. The van der Waals surface area contributed by atoms with Gasteiger partial charge in [0.25, 0.3) is 0 Å². The van der Waals surface area contributed by atoms with Crippen molar-refractivity contribution in [2.24, 2.45) is 5.92 Å². The summed E-state index contributed by atoms with van der Waals surface area (Å²) < 4.78 is 80.2. The molecule has 0 amide bonds. The number of esters is 2. The van der Waals surface area contributed by atoms with Crippen LogP contribution in [0.15, 0.2) is 0 Å². The topological polar surface area (TPSA) is 61.8 Å². The first-order chi connectivity index (χ1) is 13.7. The van der Waals surface area contributed by atoms with Crippen molar-refractivity contribution >= 4 is 11.9 Å². The molecule has 0 fully saturated rings. The van der Waals surface area contributed by atoms with Crippen LogP contribution >= 0.6 is 0 Å². The molecule has 1 atom stereocenters. The van der Waals surface area contributed by atoms with Gasteiger partial charge in [-0.05, 0) is 12.8 Å². The van der Waals surface area contributed by atoms with E-state index in [2.05, 4.69) is 4.74 Å². The van der Waals surface area contributed by atoms with Crippen LogP contribution < -0.4 is 4.74 Å². The van der Waals surface area contributed by atoms with Crippen molar-refractivity contribution < 1.29 is 45.8 Å². The van der Waals surface area contributed by atoms with Gasteiger partial charge in [0.05, 0.1) is 25.6 Å². The molecule has 0 aliphatic heterocycles. The zero-order valence-corrected chi connectivity index (χ0v) is 16.2. The van der Waals surface area contributed by atoms with Crippen molar-refractivity contribution in [2.45, 2.75) is 46.0 Å². The van der Waals surface area contributed by atoms with Gasteiger partial charge in [0, 0.05) is 0 Å². The molecule has 164 valence electrons. The number of rotatable bonds is 12. The van der Waals surface area contributed by atoms with E-state index < -0.39 is 47.2 Å². The summed E-state index contributed by atoms with van der Waals surface area (Å²) in [6.07, 6.45) is 2.75. The molecule has 1 unspecified atom stereocenters. The Labute approximate surface area is 165 Å². The smallest absolute Gasteiger partial charge is 0.313 e. The minimum absolute atomic E-state index is 0.0360. The quantitative estimate of drug-likeness (QED) is 0.123. The van der Waals surface area contributed by atoms with Gasteiger partial charge in [-0.2, -0.15) is 8.78 Å². The Kier molecular flexibility index (Phi) is 10.6. The summed E-state index contributed by atoms with van der Waals surface area (Å²) >= 11 is 0. The number of hydrogen-bond acceptors (Lipinski definition) is 5. The first-order valence-corrected chi connectivity index (χ1v) is 9.20. The molecule has 0 aliphatic rings. The highest BCUT2D eigenvalue weighted by atomic mass is 19.2.